The van der Waals surface area contributed by atoms with Gasteiger partial charge in [-0.2, -0.15) is 13.2 Å². The van der Waals surface area contributed by atoms with Gasteiger partial charge in [0, 0.05) is 23.2 Å². The minimum Gasteiger partial charge on any atom is -0.497 e. The molecule has 1 aromatic carbocycles. The van der Waals surface area contributed by atoms with Crippen LogP contribution in [0.15, 0.2) is 18.2 Å². The molecular weight excluding hydrogens is 269 g/mol. The Bertz CT molecular complexity index is 638. The summed E-state index contributed by atoms with van der Waals surface area (Å²) in [6.07, 6.45) is -4.47. The van der Waals surface area contributed by atoms with Gasteiger partial charge in [-0.05, 0) is 32.0 Å². The molecule has 2 aromatic rings. The van der Waals surface area contributed by atoms with Crippen molar-refractivity contribution in [2.75, 3.05) is 19.0 Å². The topological polar surface area (TPSA) is 34.2 Å². The van der Waals surface area contributed by atoms with Crippen LogP contribution in [0.3, 0.4) is 0 Å². The van der Waals surface area contributed by atoms with Crippen LogP contribution >= 0.6 is 0 Å². The van der Waals surface area contributed by atoms with E-state index in [2.05, 4.69) is 10.3 Å². The smallest absolute Gasteiger partial charge is 0.433 e. The molecule has 1 heterocycles. The van der Waals surface area contributed by atoms with Crippen LogP contribution in [-0.2, 0) is 6.18 Å². The first-order chi connectivity index (χ1) is 9.38. The van der Waals surface area contributed by atoms with Crippen molar-refractivity contribution in [1.29, 1.82) is 0 Å². The second kappa shape index (κ2) is 5.19. The Morgan fingerprint density at radius 2 is 2.00 bits per heavy atom. The lowest BCUT2D eigenvalue weighted by atomic mass is 10.1. The lowest BCUT2D eigenvalue weighted by molar-refractivity contribution is -0.141. The maximum Gasteiger partial charge on any atom is 0.433 e. The number of anilines is 1. The summed E-state index contributed by atoms with van der Waals surface area (Å²) in [6, 6.07) is 4.82. The van der Waals surface area contributed by atoms with Gasteiger partial charge in [0.1, 0.15) is 11.4 Å². The average Bonchev–Trinajstić information content (AvgIpc) is 2.40. The van der Waals surface area contributed by atoms with Gasteiger partial charge in [0.15, 0.2) is 0 Å². The largest absolute Gasteiger partial charge is 0.497 e. The van der Waals surface area contributed by atoms with Gasteiger partial charge in [-0.25, -0.2) is 4.98 Å². The van der Waals surface area contributed by atoms with E-state index in [1.54, 1.807) is 12.1 Å². The quantitative estimate of drug-likeness (QED) is 0.925. The van der Waals surface area contributed by atoms with Gasteiger partial charge in [-0.3, -0.25) is 0 Å². The molecule has 0 aliphatic rings. The third kappa shape index (κ3) is 2.50. The van der Waals surface area contributed by atoms with E-state index in [1.165, 1.54) is 20.1 Å². The van der Waals surface area contributed by atoms with Crippen molar-refractivity contribution in [1.82, 2.24) is 4.98 Å². The number of alkyl halides is 3. The Morgan fingerprint density at radius 3 is 2.55 bits per heavy atom. The summed E-state index contributed by atoms with van der Waals surface area (Å²) in [5, 5.41) is 3.61. The molecule has 0 saturated heterocycles. The number of halogens is 3. The Labute approximate surface area is 114 Å². The van der Waals surface area contributed by atoms with Crippen LogP contribution in [0.25, 0.3) is 10.9 Å². The third-order valence-electron chi connectivity index (χ3n) is 3.06. The highest BCUT2D eigenvalue weighted by Gasteiger charge is 2.36. The SMILES string of the molecule is CCNc1c(C)c(C(F)(F)F)nc2ccc(OC)cc12. The van der Waals surface area contributed by atoms with Gasteiger partial charge in [0.25, 0.3) is 0 Å². The van der Waals surface area contributed by atoms with Crippen LogP contribution in [0.1, 0.15) is 18.2 Å². The molecule has 1 N–H and O–H groups in total. The molecule has 0 spiro atoms. The molecule has 1 aromatic heterocycles. The number of hydrogen-bond donors (Lipinski definition) is 1. The fourth-order valence-electron chi connectivity index (χ4n) is 2.15. The van der Waals surface area contributed by atoms with Crippen molar-refractivity contribution in [3.05, 3.63) is 29.5 Å². The summed E-state index contributed by atoms with van der Waals surface area (Å²) < 4.78 is 44.2. The number of methoxy groups -OCH3 is 1. The van der Waals surface area contributed by atoms with Crippen LogP contribution in [0.5, 0.6) is 5.75 Å². The van der Waals surface area contributed by atoms with E-state index in [4.69, 9.17) is 4.74 Å². The summed E-state index contributed by atoms with van der Waals surface area (Å²) in [5.74, 6) is 0.581. The van der Waals surface area contributed by atoms with E-state index in [9.17, 15) is 13.2 Å². The van der Waals surface area contributed by atoms with Crippen LogP contribution in [0.2, 0.25) is 0 Å². The van der Waals surface area contributed by atoms with E-state index < -0.39 is 11.9 Å². The van der Waals surface area contributed by atoms with Crippen LogP contribution in [0, 0.1) is 6.92 Å². The highest BCUT2D eigenvalue weighted by molar-refractivity contribution is 5.94. The normalized spacial score (nSPS) is 11.7. The van der Waals surface area contributed by atoms with Crippen LogP contribution in [-0.4, -0.2) is 18.6 Å². The second-order valence-corrected chi connectivity index (χ2v) is 4.37. The zero-order chi connectivity index (χ0) is 14.9. The van der Waals surface area contributed by atoms with Gasteiger partial charge in [-0.1, -0.05) is 0 Å². The number of pyridine rings is 1. The molecule has 0 fully saturated rings. The van der Waals surface area contributed by atoms with Crippen molar-refractivity contribution < 1.29 is 17.9 Å². The molecule has 3 nitrogen and oxygen atoms in total. The van der Waals surface area contributed by atoms with Crippen molar-refractivity contribution in [3.8, 4) is 5.75 Å². The third-order valence-corrected chi connectivity index (χ3v) is 3.06. The molecule has 0 radical (unpaired) electrons. The highest BCUT2D eigenvalue weighted by Crippen LogP contribution is 2.37. The Balaban J connectivity index is 2.80. The summed E-state index contributed by atoms with van der Waals surface area (Å²) in [7, 11) is 1.51. The molecule has 0 atom stereocenters. The van der Waals surface area contributed by atoms with E-state index in [-0.39, 0.29) is 5.56 Å². The standard InChI is InChI=1S/C14H15F3N2O/c1-4-18-12-8(2)13(14(15,16)17)19-11-6-5-9(20-3)7-10(11)12/h5-7H,4H2,1-3H3,(H,18,19). The fourth-order valence-corrected chi connectivity index (χ4v) is 2.15. The minimum atomic E-state index is -4.47. The monoisotopic (exact) mass is 284 g/mol. The van der Waals surface area contributed by atoms with E-state index >= 15 is 0 Å². The number of ether oxygens (including phenoxy) is 1. The molecule has 0 amide bonds. The van der Waals surface area contributed by atoms with Crippen molar-refractivity contribution in [3.63, 3.8) is 0 Å². The molecule has 0 aliphatic heterocycles. The first-order valence-corrected chi connectivity index (χ1v) is 6.18. The first-order valence-electron chi connectivity index (χ1n) is 6.18. The van der Waals surface area contributed by atoms with Crippen molar-refractivity contribution in [2.45, 2.75) is 20.0 Å². The lowest BCUT2D eigenvalue weighted by Crippen LogP contribution is -2.13. The van der Waals surface area contributed by atoms with Gasteiger partial charge < -0.3 is 10.1 Å². The van der Waals surface area contributed by atoms with E-state index in [1.807, 2.05) is 6.92 Å². The second-order valence-electron chi connectivity index (χ2n) is 4.37. The number of benzene rings is 1. The summed E-state index contributed by atoms with van der Waals surface area (Å²) in [4.78, 5) is 3.74. The zero-order valence-corrected chi connectivity index (χ0v) is 11.4. The molecule has 0 unspecified atom stereocenters. The van der Waals surface area contributed by atoms with Crippen LogP contribution in [0.4, 0.5) is 18.9 Å². The molecule has 2 rings (SSSR count). The Kier molecular flexibility index (Phi) is 3.74. The number of nitrogens with one attached hydrogen (secondary N) is 1. The number of fused-ring (bicyclic) bond motifs is 1. The highest BCUT2D eigenvalue weighted by atomic mass is 19.4. The van der Waals surface area contributed by atoms with Crippen LogP contribution < -0.4 is 10.1 Å². The van der Waals surface area contributed by atoms with Crippen molar-refractivity contribution >= 4 is 16.6 Å². The van der Waals surface area contributed by atoms with E-state index in [0.717, 1.165) is 0 Å². The summed E-state index contributed by atoms with van der Waals surface area (Å²) >= 11 is 0. The molecule has 0 bridgehead atoms. The van der Waals surface area contributed by atoms with Gasteiger partial charge in [0.05, 0.1) is 12.6 Å². The molecule has 0 aliphatic carbocycles. The number of rotatable bonds is 3. The number of hydrogen-bond acceptors (Lipinski definition) is 3. The lowest BCUT2D eigenvalue weighted by Gasteiger charge is -2.17. The first kappa shape index (κ1) is 14.4. The predicted octanol–water partition coefficient (Wildman–Crippen LogP) is 4.00. The number of nitrogens with zero attached hydrogens (tertiary/aromatic N) is 1. The molecule has 20 heavy (non-hydrogen) atoms. The summed E-state index contributed by atoms with van der Waals surface area (Å²) in [6.45, 7) is 3.78. The molecule has 108 valence electrons. The summed E-state index contributed by atoms with van der Waals surface area (Å²) in [5.41, 5.74) is -0.0189. The van der Waals surface area contributed by atoms with E-state index in [0.29, 0.717) is 28.9 Å². The number of aromatic nitrogens is 1. The maximum absolute atomic E-state index is 13.0. The maximum atomic E-state index is 13.0. The molecule has 6 heteroatoms. The molecule has 0 saturated carbocycles. The van der Waals surface area contributed by atoms with Gasteiger partial charge >= 0.3 is 6.18 Å². The average molecular weight is 284 g/mol. The van der Waals surface area contributed by atoms with Gasteiger partial charge in [0.2, 0.25) is 0 Å². The Morgan fingerprint density at radius 1 is 1.30 bits per heavy atom. The fraction of sp³-hybridized carbons (Fsp3) is 0.357. The van der Waals surface area contributed by atoms with Crippen molar-refractivity contribution in [2.24, 2.45) is 0 Å². The van der Waals surface area contributed by atoms with Gasteiger partial charge in [-0.15, -0.1) is 0 Å². The zero-order valence-electron chi connectivity index (χ0n) is 11.4. The Hall–Kier alpha value is -1.98. The minimum absolute atomic E-state index is 0.0973. The predicted molar refractivity (Wildman–Crippen MR) is 72.2 cm³/mol. The molecular formula is C14H15F3N2O.